The first kappa shape index (κ1) is 16.2. The molecular formula is C19H17NO3S. The number of sulfonamides is 1. The Morgan fingerprint density at radius 3 is 2.38 bits per heavy atom. The Hall–Kier alpha value is -2.66. The summed E-state index contributed by atoms with van der Waals surface area (Å²) < 4.78 is 34.0. The van der Waals surface area contributed by atoms with Crippen LogP contribution in [-0.2, 0) is 10.0 Å². The van der Waals surface area contributed by atoms with Gasteiger partial charge in [0.25, 0.3) is 10.0 Å². The predicted molar refractivity (Wildman–Crippen MR) is 96.5 cm³/mol. The predicted octanol–water partition coefficient (Wildman–Crippen LogP) is 3.96. The van der Waals surface area contributed by atoms with Gasteiger partial charge in [-0.3, -0.25) is 0 Å². The van der Waals surface area contributed by atoms with Crippen LogP contribution in [0.5, 0.6) is 5.75 Å². The zero-order chi connectivity index (χ0) is 17.2. The molecule has 5 heteroatoms. The van der Waals surface area contributed by atoms with Crippen molar-refractivity contribution in [2.75, 3.05) is 7.11 Å². The van der Waals surface area contributed by atoms with E-state index in [1.807, 2.05) is 43.3 Å². The van der Waals surface area contributed by atoms with Gasteiger partial charge in [0, 0.05) is 5.56 Å². The van der Waals surface area contributed by atoms with Crippen LogP contribution in [0, 0.1) is 6.92 Å². The highest BCUT2D eigenvalue weighted by molar-refractivity contribution is 7.90. The lowest BCUT2D eigenvalue weighted by Gasteiger charge is -2.08. The van der Waals surface area contributed by atoms with E-state index in [0.717, 1.165) is 16.3 Å². The molecule has 0 unspecified atom stereocenters. The van der Waals surface area contributed by atoms with Gasteiger partial charge in [0.05, 0.1) is 18.2 Å². The van der Waals surface area contributed by atoms with Crippen LogP contribution in [0.1, 0.15) is 11.1 Å². The van der Waals surface area contributed by atoms with E-state index in [1.165, 1.54) is 6.21 Å². The zero-order valence-corrected chi connectivity index (χ0v) is 14.2. The number of ether oxygens (including phenoxy) is 1. The second kappa shape index (κ2) is 6.45. The minimum absolute atomic E-state index is 0.170. The molecule has 0 radical (unpaired) electrons. The summed E-state index contributed by atoms with van der Waals surface area (Å²) in [6, 6.07) is 18.1. The molecule has 3 aromatic rings. The molecule has 0 heterocycles. The van der Waals surface area contributed by atoms with Gasteiger partial charge in [0.2, 0.25) is 0 Å². The maximum Gasteiger partial charge on any atom is 0.282 e. The van der Waals surface area contributed by atoms with Gasteiger partial charge in [0.15, 0.2) is 0 Å². The van der Waals surface area contributed by atoms with Gasteiger partial charge in [0.1, 0.15) is 5.75 Å². The summed E-state index contributed by atoms with van der Waals surface area (Å²) in [5, 5.41) is 1.88. The second-order valence-corrected chi connectivity index (χ2v) is 7.06. The standard InChI is InChI=1S/C19H17NO3S/c1-14-7-10-16(11-8-14)24(21,22)20-13-18-17-6-4-3-5-15(17)9-12-19(18)23-2/h3-13H,1-2H3. The van der Waals surface area contributed by atoms with Crippen molar-refractivity contribution in [3.05, 3.63) is 71.8 Å². The molecule has 0 spiro atoms. The zero-order valence-electron chi connectivity index (χ0n) is 13.4. The van der Waals surface area contributed by atoms with Crippen LogP contribution >= 0.6 is 0 Å². The number of hydrogen-bond acceptors (Lipinski definition) is 3. The first-order valence-corrected chi connectivity index (χ1v) is 8.88. The third-order valence-corrected chi connectivity index (χ3v) is 5.04. The Kier molecular flexibility index (Phi) is 4.36. The van der Waals surface area contributed by atoms with Crippen LogP contribution < -0.4 is 4.74 Å². The van der Waals surface area contributed by atoms with Crippen LogP contribution in [0.15, 0.2) is 70.0 Å². The Morgan fingerprint density at radius 1 is 0.958 bits per heavy atom. The van der Waals surface area contributed by atoms with Crippen LogP contribution in [-0.4, -0.2) is 21.7 Å². The van der Waals surface area contributed by atoms with Gasteiger partial charge >= 0.3 is 0 Å². The summed E-state index contributed by atoms with van der Waals surface area (Å²) >= 11 is 0. The van der Waals surface area contributed by atoms with Gasteiger partial charge in [-0.05, 0) is 35.9 Å². The van der Waals surface area contributed by atoms with Crippen molar-refractivity contribution < 1.29 is 13.2 Å². The van der Waals surface area contributed by atoms with Crippen molar-refractivity contribution in [1.29, 1.82) is 0 Å². The summed E-state index contributed by atoms with van der Waals surface area (Å²) in [4.78, 5) is 0.170. The van der Waals surface area contributed by atoms with Crippen molar-refractivity contribution in [2.24, 2.45) is 4.40 Å². The lowest BCUT2D eigenvalue weighted by molar-refractivity contribution is 0.415. The average Bonchev–Trinajstić information content (AvgIpc) is 2.60. The van der Waals surface area contributed by atoms with Crippen molar-refractivity contribution in [3.8, 4) is 5.75 Å². The van der Waals surface area contributed by atoms with E-state index in [-0.39, 0.29) is 4.90 Å². The fourth-order valence-corrected chi connectivity index (χ4v) is 3.33. The van der Waals surface area contributed by atoms with Gasteiger partial charge in [-0.25, -0.2) is 0 Å². The van der Waals surface area contributed by atoms with Crippen LogP contribution in [0.4, 0.5) is 0 Å². The summed E-state index contributed by atoms with van der Waals surface area (Å²) in [5.41, 5.74) is 1.64. The molecule has 0 atom stereocenters. The van der Waals surface area contributed by atoms with Crippen LogP contribution in [0.25, 0.3) is 10.8 Å². The topological polar surface area (TPSA) is 55.7 Å². The quantitative estimate of drug-likeness (QED) is 0.676. The van der Waals surface area contributed by atoms with Crippen LogP contribution in [0.3, 0.4) is 0 Å². The van der Waals surface area contributed by atoms with Crippen molar-refractivity contribution in [2.45, 2.75) is 11.8 Å². The van der Waals surface area contributed by atoms with E-state index < -0.39 is 10.0 Å². The lowest BCUT2D eigenvalue weighted by atomic mass is 10.0. The Morgan fingerprint density at radius 2 is 1.67 bits per heavy atom. The maximum absolute atomic E-state index is 12.4. The molecule has 0 aliphatic carbocycles. The van der Waals surface area contributed by atoms with Gasteiger partial charge in [-0.1, -0.05) is 48.0 Å². The van der Waals surface area contributed by atoms with Gasteiger partial charge < -0.3 is 4.74 Å². The minimum Gasteiger partial charge on any atom is -0.496 e. The highest BCUT2D eigenvalue weighted by atomic mass is 32.2. The summed E-state index contributed by atoms with van der Waals surface area (Å²) in [7, 11) is -2.20. The van der Waals surface area contributed by atoms with E-state index in [1.54, 1.807) is 31.4 Å². The fourth-order valence-electron chi connectivity index (χ4n) is 2.48. The van der Waals surface area contributed by atoms with Gasteiger partial charge in [-0.2, -0.15) is 12.8 Å². The van der Waals surface area contributed by atoms with Gasteiger partial charge in [-0.15, -0.1) is 0 Å². The monoisotopic (exact) mass is 339 g/mol. The Labute approximate surface area is 141 Å². The molecule has 0 saturated carbocycles. The van der Waals surface area contributed by atoms with E-state index in [0.29, 0.717) is 11.3 Å². The summed E-state index contributed by atoms with van der Waals surface area (Å²) in [6.07, 6.45) is 1.36. The molecule has 0 N–H and O–H groups in total. The van der Waals surface area contributed by atoms with Crippen molar-refractivity contribution in [1.82, 2.24) is 0 Å². The molecule has 0 aliphatic heterocycles. The van der Waals surface area contributed by atoms with E-state index in [4.69, 9.17) is 4.74 Å². The molecule has 4 nitrogen and oxygen atoms in total. The lowest BCUT2D eigenvalue weighted by Crippen LogP contribution is -1.99. The number of benzene rings is 3. The molecule has 3 rings (SSSR count). The van der Waals surface area contributed by atoms with Crippen molar-refractivity contribution >= 4 is 27.0 Å². The second-order valence-electron chi connectivity index (χ2n) is 5.43. The van der Waals surface area contributed by atoms with E-state index in [2.05, 4.69) is 4.40 Å². The third-order valence-electron chi connectivity index (χ3n) is 3.79. The van der Waals surface area contributed by atoms with Crippen molar-refractivity contribution in [3.63, 3.8) is 0 Å². The largest absolute Gasteiger partial charge is 0.496 e. The molecule has 0 fully saturated rings. The number of nitrogens with zero attached hydrogens (tertiary/aromatic N) is 1. The summed E-state index contributed by atoms with van der Waals surface area (Å²) in [5.74, 6) is 0.580. The highest BCUT2D eigenvalue weighted by Gasteiger charge is 2.13. The molecule has 0 aliphatic rings. The highest BCUT2D eigenvalue weighted by Crippen LogP contribution is 2.27. The molecule has 24 heavy (non-hydrogen) atoms. The molecule has 3 aromatic carbocycles. The molecule has 0 saturated heterocycles. The SMILES string of the molecule is COc1ccc2ccccc2c1C=NS(=O)(=O)c1ccc(C)cc1. The number of rotatable bonds is 4. The fraction of sp³-hybridized carbons (Fsp3) is 0.105. The molecular weight excluding hydrogens is 322 g/mol. The van der Waals surface area contributed by atoms with E-state index in [9.17, 15) is 8.42 Å². The maximum atomic E-state index is 12.4. The number of fused-ring (bicyclic) bond motifs is 1. The number of aryl methyl sites for hydroxylation is 1. The molecule has 0 aromatic heterocycles. The molecule has 122 valence electrons. The molecule has 0 bridgehead atoms. The first-order chi connectivity index (χ1) is 11.5. The Balaban J connectivity index is 2.08. The Bertz CT molecular complexity index is 1010. The van der Waals surface area contributed by atoms with Crippen LogP contribution in [0.2, 0.25) is 0 Å². The first-order valence-electron chi connectivity index (χ1n) is 7.44. The van der Waals surface area contributed by atoms with E-state index >= 15 is 0 Å². The summed E-state index contributed by atoms with van der Waals surface area (Å²) in [6.45, 7) is 1.90. The minimum atomic E-state index is -3.75. The normalized spacial score (nSPS) is 11.9. The molecule has 0 amide bonds. The average molecular weight is 339 g/mol. The number of methoxy groups -OCH3 is 1. The number of hydrogen-bond donors (Lipinski definition) is 0. The third kappa shape index (κ3) is 3.16. The smallest absolute Gasteiger partial charge is 0.282 e.